The second kappa shape index (κ2) is 6.12. The number of furan rings is 1. The van der Waals surface area contributed by atoms with Crippen molar-refractivity contribution in [1.29, 1.82) is 0 Å². The maximum Gasteiger partial charge on any atom is 0.305 e. The van der Waals surface area contributed by atoms with Crippen molar-refractivity contribution in [2.24, 2.45) is 5.92 Å². The molecule has 27 heavy (non-hydrogen) atoms. The Morgan fingerprint density at radius 3 is 2.56 bits per heavy atom. The van der Waals surface area contributed by atoms with Gasteiger partial charge in [0.05, 0.1) is 33.7 Å². The van der Waals surface area contributed by atoms with Crippen LogP contribution < -0.4 is 9.77 Å². The number of thiazole rings is 1. The van der Waals surface area contributed by atoms with E-state index >= 15 is 0 Å². The standard InChI is InChI=1S/C18H11ClN2O4S2/c19-8-3-5-9(6-4-8)21-16(22)12-11(10-2-1-7-25-10)13-15(20-18(24)27-13)26-14(12)17(21)23/h1-7,11-12,14H,(H,20,24). The number of nitrogens with zero attached hydrogens (tertiary/aromatic N) is 1. The van der Waals surface area contributed by atoms with E-state index in [1.54, 1.807) is 36.4 Å². The van der Waals surface area contributed by atoms with Gasteiger partial charge in [-0.3, -0.25) is 14.4 Å². The van der Waals surface area contributed by atoms with Gasteiger partial charge < -0.3 is 9.40 Å². The topological polar surface area (TPSA) is 83.4 Å². The number of aromatic amines is 1. The molecule has 2 aliphatic heterocycles. The van der Waals surface area contributed by atoms with Gasteiger partial charge in [0.2, 0.25) is 11.8 Å². The number of amides is 2. The number of nitrogens with one attached hydrogen (secondary N) is 1. The van der Waals surface area contributed by atoms with Crippen LogP contribution in [0.15, 0.2) is 56.9 Å². The minimum Gasteiger partial charge on any atom is -0.469 e. The Labute approximate surface area is 166 Å². The summed E-state index contributed by atoms with van der Waals surface area (Å²) in [6.45, 7) is 0. The van der Waals surface area contributed by atoms with Crippen LogP contribution in [0, 0.1) is 5.92 Å². The minimum absolute atomic E-state index is 0.210. The highest BCUT2D eigenvalue weighted by Crippen LogP contribution is 2.53. The fourth-order valence-corrected chi connectivity index (χ4v) is 6.26. The molecule has 9 heteroatoms. The predicted molar refractivity (Wildman–Crippen MR) is 103 cm³/mol. The lowest BCUT2D eigenvalue weighted by molar-refractivity contribution is -0.122. The third kappa shape index (κ3) is 2.51. The van der Waals surface area contributed by atoms with Gasteiger partial charge in [0.25, 0.3) is 0 Å². The van der Waals surface area contributed by atoms with Gasteiger partial charge in [0, 0.05) is 5.02 Å². The largest absolute Gasteiger partial charge is 0.469 e. The van der Waals surface area contributed by atoms with Gasteiger partial charge in [-0.15, -0.1) is 0 Å². The quantitative estimate of drug-likeness (QED) is 0.644. The van der Waals surface area contributed by atoms with Crippen LogP contribution in [-0.4, -0.2) is 22.0 Å². The summed E-state index contributed by atoms with van der Waals surface area (Å²) >= 11 is 8.22. The zero-order valence-electron chi connectivity index (χ0n) is 13.5. The molecule has 1 fully saturated rings. The second-order valence-corrected chi connectivity index (χ2v) is 8.86. The van der Waals surface area contributed by atoms with Crippen LogP contribution >= 0.6 is 34.7 Å². The Morgan fingerprint density at radius 1 is 1.07 bits per heavy atom. The smallest absolute Gasteiger partial charge is 0.305 e. The number of rotatable bonds is 2. The third-order valence-corrected chi connectivity index (χ3v) is 7.41. The molecule has 2 aliphatic rings. The summed E-state index contributed by atoms with van der Waals surface area (Å²) in [5.74, 6) is -1.14. The third-order valence-electron chi connectivity index (χ3n) is 4.76. The highest BCUT2D eigenvalue weighted by Gasteiger charge is 2.57. The van der Waals surface area contributed by atoms with Gasteiger partial charge >= 0.3 is 4.87 Å². The van der Waals surface area contributed by atoms with Crippen molar-refractivity contribution in [2.45, 2.75) is 16.2 Å². The Morgan fingerprint density at radius 2 is 1.85 bits per heavy atom. The van der Waals surface area contributed by atoms with Crippen LogP contribution in [0.2, 0.25) is 5.02 Å². The molecule has 2 aromatic heterocycles. The molecule has 6 nitrogen and oxygen atoms in total. The molecule has 2 amide bonds. The van der Waals surface area contributed by atoms with Gasteiger partial charge in [0.1, 0.15) is 11.0 Å². The summed E-state index contributed by atoms with van der Waals surface area (Å²) in [4.78, 5) is 42.8. The number of imide groups is 1. The number of hydrogen-bond donors (Lipinski definition) is 1. The van der Waals surface area contributed by atoms with E-state index in [2.05, 4.69) is 4.98 Å². The van der Waals surface area contributed by atoms with Crippen molar-refractivity contribution in [2.75, 3.05) is 4.90 Å². The van der Waals surface area contributed by atoms with E-state index in [0.717, 1.165) is 16.2 Å². The van der Waals surface area contributed by atoms with Crippen molar-refractivity contribution in [3.05, 3.63) is 68.0 Å². The van der Waals surface area contributed by atoms with Gasteiger partial charge in [-0.25, -0.2) is 4.90 Å². The molecule has 0 saturated carbocycles. The molecule has 136 valence electrons. The van der Waals surface area contributed by atoms with Crippen LogP contribution in [0.1, 0.15) is 16.6 Å². The average molecular weight is 419 g/mol. The Balaban J connectivity index is 1.64. The molecule has 4 heterocycles. The zero-order valence-corrected chi connectivity index (χ0v) is 15.9. The Hall–Kier alpha value is -2.29. The first-order chi connectivity index (χ1) is 13.0. The van der Waals surface area contributed by atoms with E-state index in [9.17, 15) is 14.4 Å². The fraction of sp³-hybridized carbons (Fsp3) is 0.167. The second-order valence-electron chi connectivity index (χ2n) is 6.25. The lowest BCUT2D eigenvalue weighted by Crippen LogP contribution is -2.32. The summed E-state index contributed by atoms with van der Waals surface area (Å²) in [5, 5.41) is 0.533. The van der Waals surface area contributed by atoms with E-state index < -0.39 is 17.1 Å². The summed E-state index contributed by atoms with van der Waals surface area (Å²) in [7, 11) is 0. The van der Waals surface area contributed by atoms with Crippen LogP contribution in [0.5, 0.6) is 0 Å². The number of fused-ring (bicyclic) bond motifs is 2. The molecule has 1 aromatic carbocycles. The fourth-order valence-electron chi connectivity index (χ4n) is 3.64. The molecule has 3 atom stereocenters. The summed E-state index contributed by atoms with van der Waals surface area (Å²) in [6, 6.07) is 10.1. The van der Waals surface area contributed by atoms with Crippen LogP contribution in [0.3, 0.4) is 0 Å². The maximum absolute atomic E-state index is 13.3. The number of H-pyrrole nitrogens is 1. The van der Waals surface area contributed by atoms with Crippen molar-refractivity contribution in [1.82, 2.24) is 4.98 Å². The zero-order chi connectivity index (χ0) is 18.7. The summed E-state index contributed by atoms with van der Waals surface area (Å²) in [5.41, 5.74) is 0.486. The molecule has 5 rings (SSSR count). The number of halogens is 1. The van der Waals surface area contributed by atoms with E-state index in [1.807, 2.05) is 0 Å². The van der Waals surface area contributed by atoms with Crippen LogP contribution in [-0.2, 0) is 9.59 Å². The number of carbonyl (C=O) groups excluding carboxylic acids is 2. The minimum atomic E-state index is -0.636. The maximum atomic E-state index is 13.3. The van der Waals surface area contributed by atoms with Crippen molar-refractivity contribution < 1.29 is 14.0 Å². The summed E-state index contributed by atoms with van der Waals surface area (Å²) < 4.78 is 5.57. The molecule has 0 bridgehead atoms. The normalized spacial score (nSPS) is 24.2. The first kappa shape index (κ1) is 16.9. The highest BCUT2D eigenvalue weighted by atomic mass is 35.5. The van der Waals surface area contributed by atoms with Crippen LogP contribution in [0.4, 0.5) is 5.69 Å². The summed E-state index contributed by atoms with van der Waals surface area (Å²) in [6.07, 6.45) is 1.53. The first-order valence-electron chi connectivity index (χ1n) is 8.11. The number of thioether (sulfide) groups is 1. The van der Waals surface area contributed by atoms with Gasteiger partial charge in [-0.05, 0) is 36.4 Å². The lowest BCUT2D eigenvalue weighted by atomic mass is 9.87. The van der Waals surface area contributed by atoms with Crippen LogP contribution in [0.25, 0.3) is 0 Å². The molecule has 0 spiro atoms. The molecule has 1 N–H and O–H groups in total. The van der Waals surface area contributed by atoms with Gasteiger partial charge in [-0.2, -0.15) is 0 Å². The predicted octanol–water partition coefficient (Wildman–Crippen LogP) is 3.48. The average Bonchev–Trinajstić information content (AvgIpc) is 3.34. The highest BCUT2D eigenvalue weighted by molar-refractivity contribution is 8.00. The molecule has 0 radical (unpaired) electrons. The van der Waals surface area contributed by atoms with E-state index in [-0.39, 0.29) is 16.7 Å². The van der Waals surface area contributed by atoms with Crippen molar-refractivity contribution in [3.63, 3.8) is 0 Å². The van der Waals surface area contributed by atoms with Gasteiger partial charge in [0.15, 0.2) is 0 Å². The number of carbonyl (C=O) groups is 2. The monoisotopic (exact) mass is 418 g/mol. The van der Waals surface area contributed by atoms with E-state index in [1.165, 1.54) is 22.9 Å². The number of anilines is 1. The van der Waals surface area contributed by atoms with Crippen molar-refractivity contribution >= 4 is 52.2 Å². The number of aromatic nitrogens is 1. The number of hydrogen-bond acceptors (Lipinski definition) is 6. The molecule has 1 saturated heterocycles. The molecular weight excluding hydrogens is 408 g/mol. The van der Waals surface area contributed by atoms with E-state index in [4.69, 9.17) is 16.0 Å². The Kier molecular flexibility index (Phi) is 3.82. The molecule has 3 aromatic rings. The first-order valence-corrected chi connectivity index (χ1v) is 10.2. The van der Waals surface area contributed by atoms with Crippen molar-refractivity contribution in [3.8, 4) is 0 Å². The lowest BCUT2D eigenvalue weighted by Gasteiger charge is -2.27. The Bertz CT molecular complexity index is 1100. The van der Waals surface area contributed by atoms with Gasteiger partial charge in [-0.1, -0.05) is 34.7 Å². The molecule has 0 aliphatic carbocycles. The molecule has 3 unspecified atom stereocenters. The number of benzene rings is 1. The SMILES string of the molecule is O=C1C2Sc3[nH]c(=O)sc3C(c3ccco3)C2C(=O)N1c1ccc(Cl)cc1. The molecular formula is C18H11ClN2O4S2. The van der Waals surface area contributed by atoms with E-state index in [0.29, 0.717) is 21.5 Å².